The van der Waals surface area contributed by atoms with E-state index in [2.05, 4.69) is 0 Å². The Balaban J connectivity index is 1.88. The fourth-order valence-corrected chi connectivity index (χ4v) is 1.98. The fraction of sp³-hybridized carbons (Fsp3) is 0.625. The van der Waals surface area contributed by atoms with Gasteiger partial charge in [0.2, 0.25) is 0 Å². The van der Waals surface area contributed by atoms with Crippen LogP contribution in [-0.2, 0) is 33.4 Å². The van der Waals surface area contributed by atoms with Crippen LogP contribution in [0.3, 0.4) is 0 Å². The standard InChI is InChI=1S/C16H23NO8/c18-13(5-6-17-14(19)3-4-15(17)20)2-1-7-23-8-9-24-10-11-25-12-16(21)22/h3-4H,1-2,5-12H2,(H,21,22). The first-order chi connectivity index (χ1) is 12.0. The molecule has 140 valence electrons. The number of carboxylic acids is 1. The van der Waals surface area contributed by atoms with Crippen molar-refractivity contribution in [2.45, 2.75) is 19.3 Å². The van der Waals surface area contributed by atoms with Gasteiger partial charge in [-0.1, -0.05) is 0 Å². The van der Waals surface area contributed by atoms with Crippen molar-refractivity contribution in [3.05, 3.63) is 12.2 Å². The number of nitrogens with zero attached hydrogens (tertiary/aromatic N) is 1. The van der Waals surface area contributed by atoms with Gasteiger partial charge in [-0.25, -0.2) is 4.79 Å². The molecule has 0 aromatic rings. The van der Waals surface area contributed by atoms with E-state index >= 15 is 0 Å². The maximum absolute atomic E-state index is 11.7. The summed E-state index contributed by atoms with van der Waals surface area (Å²) in [7, 11) is 0. The number of amides is 2. The molecule has 9 nitrogen and oxygen atoms in total. The van der Waals surface area contributed by atoms with E-state index in [0.29, 0.717) is 32.7 Å². The summed E-state index contributed by atoms with van der Waals surface area (Å²) in [6.07, 6.45) is 3.43. The first kappa shape index (κ1) is 20.9. The summed E-state index contributed by atoms with van der Waals surface area (Å²) in [5.41, 5.74) is 0. The van der Waals surface area contributed by atoms with Crippen LogP contribution in [-0.4, -0.2) is 79.8 Å². The molecule has 1 aliphatic heterocycles. The minimum absolute atomic E-state index is 0.0251. The summed E-state index contributed by atoms with van der Waals surface area (Å²) >= 11 is 0. The maximum Gasteiger partial charge on any atom is 0.329 e. The average molecular weight is 357 g/mol. The van der Waals surface area contributed by atoms with E-state index in [1.54, 1.807) is 0 Å². The zero-order chi connectivity index (χ0) is 18.5. The van der Waals surface area contributed by atoms with Gasteiger partial charge in [-0.3, -0.25) is 19.3 Å². The normalized spacial score (nSPS) is 13.7. The van der Waals surface area contributed by atoms with Gasteiger partial charge in [-0.05, 0) is 6.42 Å². The summed E-state index contributed by atoms with van der Waals surface area (Å²) in [6, 6.07) is 0. The molecule has 0 bridgehead atoms. The third-order valence-electron chi connectivity index (χ3n) is 3.23. The number of ether oxygens (including phenoxy) is 3. The van der Waals surface area contributed by atoms with Crippen LogP contribution in [0, 0.1) is 0 Å². The van der Waals surface area contributed by atoms with Crippen LogP contribution in [0.5, 0.6) is 0 Å². The Morgan fingerprint density at radius 3 is 2.04 bits per heavy atom. The lowest BCUT2D eigenvalue weighted by molar-refractivity contribution is -0.143. The molecular formula is C16H23NO8. The van der Waals surface area contributed by atoms with Crippen LogP contribution >= 0.6 is 0 Å². The summed E-state index contributed by atoms with van der Waals surface area (Å²) < 4.78 is 15.3. The van der Waals surface area contributed by atoms with Gasteiger partial charge in [-0.15, -0.1) is 0 Å². The van der Waals surface area contributed by atoms with Crippen LogP contribution < -0.4 is 0 Å². The quantitative estimate of drug-likeness (QED) is 0.316. The zero-order valence-electron chi connectivity index (χ0n) is 14.0. The molecule has 1 aliphatic rings. The average Bonchev–Trinajstić information content (AvgIpc) is 2.88. The highest BCUT2D eigenvalue weighted by Crippen LogP contribution is 2.06. The van der Waals surface area contributed by atoms with Gasteiger partial charge in [0.15, 0.2) is 0 Å². The van der Waals surface area contributed by atoms with Crippen LogP contribution in [0.1, 0.15) is 19.3 Å². The number of ketones is 1. The number of carbonyl (C=O) groups excluding carboxylic acids is 3. The molecule has 0 fully saturated rings. The van der Waals surface area contributed by atoms with E-state index in [0.717, 1.165) is 4.90 Å². The fourth-order valence-electron chi connectivity index (χ4n) is 1.98. The highest BCUT2D eigenvalue weighted by molar-refractivity contribution is 6.13. The minimum Gasteiger partial charge on any atom is -0.480 e. The van der Waals surface area contributed by atoms with Crippen LogP contribution in [0.25, 0.3) is 0 Å². The Hall–Kier alpha value is -2.10. The first-order valence-corrected chi connectivity index (χ1v) is 8.01. The van der Waals surface area contributed by atoms with Crippen molar-refractivity contribution in [3.8, 4) is 0 Å². The molecule has 2 amide bonds. The highest BCUT2D eigenvalue weighted by Gasteiger charge is 2.23. The number of imide groups is 1. The number of hydrogen-bond donors (Lipinski definition) is 1. The van der Waals surface area contributed by atoms with Gasteiger partial charge in [0.25, 0.3) is 11.8 Å². The van der Waals surface area contributed by atoms with Crippen molar-refractivity contribution in [2.75, 3.05) is 46.2 Å². The molecule has 0 saturated carbocycles. The zero-order valence-corrected chi connectivity index (χ0v) is 14.0. The second-order valence-corrected chi connectivity index (χ2v) is 5.22. The number of carbonyl (C=O) groups is 4. The molecule has 0 radical (unpaired) electrons. The maximum atomic E-state index is 11.7. The van der Waals surface area contributed by atoms with Gasteiger partial charge in [-0.2, -0.15) is 0 Å². The Kier molecular flexibility index (Phi) is 10.3. The molecule has 0 saturated heterocycles. The number of Topliss-reactive ketones (excluding diaryl/α,β-unsaturated/α-hetero) is 1. The van der Waals surface area contributed by atoms with Crippen molar-refractivity contribution in [1.29, 1.82) is 0 Å². The Labute approximate surface area is 145 Å². The van der Waals surface area contributed by atoms with E-state index < -0.39 is 5.97 Å². The van der Waals surface area contributed by atoms with E-state index in [1.807, 2.05) is 0 Å². The smallest absolute Gasteiger partial charge is 0.329 e. The van der Waals surface area contributed by atoms with Crippen LogP contribution in [0.4, 0.5) is 0 Å². The second-order valence-electron chi connectivity index (χ2n) is 5.22. The van der Waals surface area contributed by atoms with Crippen molar-refractivity contribution in [3.63, 3.8) is 0 Å². The van der Waals surface area contributed by atoms with Gasteiger partial charge < -0.3 is 19.3 Å². The predicted molar refractivity (Wildman–Crippen MR) is 84.8 cm³/mol. The molecule has 1 N–H and O–H groups in total. The summed E-state index contributed by atoms with van der Waals surface area (Å²) in [6.45, 7) is 1.41. The molecule has 0 spiro atoms. The lowest BCUT2D eigenvalue weighted by Gasteiger charge is -2.12. The van der Waals surface area contributed by atoms with E-state index in [-0.39, 0.29) is 50.4 Å². The van der Waals surface area contributed by atoms with Crippen molar-refractivity contribution in [1.82, 2.24) is 4.90 Å². The van der Waals surface area contributed by atoms with Crippen molar-refractivity contribution in [2.24, 2.45) is 0 Å². The van der Waals surface area contributed by atoms with Gasteiger partial charge in [0, 0.05) is 38.1 Å². The molecule has 0 unspecified atom stereocenters. The summed E-state index contributed by atoms with van der Waals surface area (Å²) in [4.78, 5) is 45.5. The minimum atomic E-state index is -1.02. The monoisotopic (exact) mass is 357 g/mol. The molecule has 1 heterocycles. The molecule has 1 rings (SSSR count). The highest BCUT2D eigenvalue weighted by atomic mass is 16.5. The van der Waals surface area contributed by atoms with Crippen molar-refractivity contribution < 1.29 is 38.5 Å². The third kappa shape index (κ3) is 9.70. The molecule has 25 heavy (non-hydrogen) atoms. The molecular weight excluding hydrogens is 334 g/mol. The molecule has 0 aromatic carbocycles. The Morgan fingerprint density at radius 2 is 1.44 bits per heavy atom. The van der Waals surface area contributed by atoms with E-state index in [1.165, 1.54) is 12.2 Å². The van der Waals surface area contributed by atoms with E-state index in [9.17, 15) is 19.2 Å². The molecule has 0 atom stereocenters. The van der Waals surface area contributed by atoms with Gasteiger partial charge >= 0.3 is 5.97 Å². The summed E-state index contributed by atoms with van der Waals surface area (Å²) in [5, 5.41) is 8.34. The SMILES string of the molecule is O=C(O)COCCOCCOCCCC(=O)CCN1C(=O)C=CC1=O. The largest absolute Gasteiger partial charge is 0.480 e. The van der Waals surface area contributed by atoms with Crippen LogP contribution in [0.15, 0.2) is 12.2 Å². The Bertz CT molecular complexity index is 484. The third-order valence-corrected chi connectivity index (χ3v) is 3.23. The van der Waals surface area contributed by atoms with Gasteiger partial charge in [0.1, 0.15) is 12.4 Å². The lowest BCUT2D eigenvalue weighted by Crippen LogP contribution is -2.32. The van der Waals surface area contributed by atoms with E-state index in [4.69, 9.17) is 19.3 Å². The van der Waals surface area contributed by atoms with Crippen LogP contribution in [0.2, 0.25) is 0 Å². The lowest BCUT2D eigenvalue weighted by atomic mass is 10.1. The number of aliphatic carboxylic acids is 1. The Morgan fingerprint density at radius 1 is 0.880 bits per heavy atom. The number of carboxylic acid groups (broad SMARTS) is 1. The predicted octanol–water partition coefficient (Wildman–Crippen LogP) is -0.215. The molecule has 0 aliphatic carbocycles. The van der Waals surface area contributed by atoms with Crippen molar-refractivity contribution >= 4 is 23.6 Å². The summed E-state index contributed by atoms with van der Waals surface area (Å²) in [5.74, 6) is -1.81. The van der Waals surface area contributed by atoms with Gasteiger partial charge in [0.05, 0.1) is 26.4 Å². The number of hydrogen-bond acceptors (Lipinski definition) is 7. The molecule has 9 heteroatoms. The topological polar surface area (TPSA) is 119 Å². The first-order valence-electron chi connectivity index (χ1n) is 8.01. The second kappa shape index (κ2) is 12.3. The molecule has 0 aromatic heterocycles. The number of rotatable bonds is 15.